The van der Waals surface area contributed by atoms with E-state index in [1.807, 2.05) is 19.0 Å². The highest BCUT2D eigenvalue weighted by atomic mass is 32.2. The van der Waals surface area contributed by atoms with Crippen LogP contribution in [-0.2, 0) is 16.6 Å². The Bertz CT molecular complexity index is 932. The second kappa shape index (κ2) is 8.24. The van der Waals surface area contributed by atoms with Crippen LogP contribution in [0.1, 0.15) is 33.0 Å². The standard InChI is InChI=1S/C19H26N2O5S/c1-13-10-16(19(22)23)11-18(15(13)3)27(24,25)21(9-8-20(4)5)12-17-7-6-14(2)26-17/h6-7,10-11H,8-9,12H2,1-5H3,(H,22,23). The van der Waals surface area contributed by atoms with Crippen molar-refractivity contribution in [1.29, 1.82) is 0 Å². The van der Waals surface area contributed by atoms with Crippen LogP contribution < -0.4 is 0 Å². The van der Waals surface area contributed by atoms with Gasteiger partial charge in [0.15, 0.2) is 0 Å². The smallest absolute Gasteiger partial charge is 0.335 e. The van der Waals surface area contributed by atoms with Crippen LogP contribution in [0.3, 0.4) is 0 Å². The summed E-state index contributed by atoms with van der Waals surface area (Å²) in [6.07, 6.45) is 0. The maximum absolute atomic E-state index is 13.4. The third-order valence-electron chi connectivity index (χ3n) is 4.41. The molecule has 0 atom stereocenters. The molecule has 0 aliphatic heterocycles. The van der Waals surface area contributed by atoms with E-state index in [0.717, 1.165) is 0 Å². The van der Waals surface area contributed by atoms with Gasteiger partial charge in [-0.3, -0.25) is 0 Å². The van der Waals surface area contributed by atoms with Gasteiger partial charge in [0.2, 0.25) is 10.0 Å². The summed E-state index contributed by atoms with van der Waals surface area (Å²) < 4.78 is 33.6. The van der Waals surface area contributed by atoms with Crippen LogP contribution in [0.25, 0.3) is 0 Å². The van der Waals surface area contributed by atoms with Gasteiger partial charge in [-0.2, -0.15) is 4.31 Å². The molecule has 1 heterocycles. The molecule has 7 nitrogen and oxygen atoms in total. The van der Waals surface area contributed by atoms with Crippen molar-refractivity contribution >= 4 is 16.0 Å². The first kappa shape index (κ1) is 21.1. The molecule has 8 heteroatoms. The Morgan fingerprint density at radius 1 is 1.11 bits per heavy atom. The van der Waals surface area contributed by atoms with E-state index in [2.05, 4.69) is 0 Å². The van der Waals surface area contributed by atoms with E-state index in [1.165, 1.54) is 16.4 Å². The molecule has 0 radical (unpaired) electrons. The van der Waals surface area contributed by atoms with Crippen molar-refractivity contribution in [2.24, 2.45) is 0 Å². The Labute approximate surface area is 160 Å². The molecule has 0 saturated carbocycles. The Morgan fingerprint density at radius 2 is 1.78 bits per heavy atom. The van der Waals surface area contributed by atoms with Crippen molar-refractivity contribution in [3.8, 4) is 0 Å². The highest BCUT2D eigenvalue weighted by Crippen LogP contribution is 2.26. The number of carbonyl (C=O) groups is 1. The van der Waals surface area contributed by atoms with Crippen molar-refractivity contribution in [1.82, 2.24) is 9.21 Å². The van der Waals surface area contributed by atoms with Gasteiger partial charge in [-0.15, -0.1) is 0 Å². The Hall–Kier alpha value is -2.16. The molecule has 0 aliphatic carbocycles. The van der Waals surface area contributed by atoms with Crippen molar-refractivity contribution in [3.05, 3.63) is 52.5 Å². The predicted octanol–water partition coefficient (Wildman–Crippen LogP) is 2.66. The summed E-state index contributed by atoms with van der Waals surface area (Å²) >= 11 is 0. The number of hydrogen-bond acceptors (Lipinski definition) is 5. The lowest BCUT2D eigenvalue weighted by atomic mass is 10.1. The van der Waals surface area contributed by atoms with E-state index in [1.54, 1.807) is 32.9 Å². The fourth-order valence-electron chi connectivity index (χ4n) is 2.70. The topological polar surface area (TPSA) is 91.1 Å². The summed E-state index contributed by atoms with van der Waals surface area (Å²) in [5.74, 6) is 0.0875. The average Bonchev–Trinajstić information content (AvgIpc) is 2.98. The molecular weight excluding hydrogens is 368 g/mol. The van der Waals surface area contributed by atoms with E-state index in [-0.39, 0.29) is 23.5 Å². The number of carboxylic acids is 1. The molecule has 0 fully saturated rings. The lowest BCUT2D eigenvalue weighted by Crippen LogP contribution is -2.36. The van der Waals surface area contributed by atoms with E-state index in [4.69, 9.17) is 4.42 Å². The first-order valence-corrected chi connectivity index (χ1v) is 10.0. The first-order valence-electron chi connectivity index (χ1n) is 8.57. The molecule has 148 valence electrons. The molecular formula is C19H26N2O5S. The van der Waals surface area contributed by atoms with Crippen LogP contribution in [0.4, 0.5) is 0 Å². The number of furan rings is 1. The molecule has 0 aliphatic rings. The predicted molar refractivity (Wildman–Crippen MR) is 102 cm³/mol. The molecule has 0 unspecified atom stereocenters. The molecule has 1 aromatic carbocycles. The molecule has 0 spiro atoms. The van der Waals surface area contributed by atoms with Gasteiger partial charge in [0.05, 0.1) is 17.0 Å². The lowest BCUT2D eigenvalue weighted by molar-refractivity contribution is 0.0696. The van der Waals surface area contributed by atoms with Gasteiger partial charge in [0.25, 0.3) is 0 Å². The number of benzene rings is 1. The molecule has 1 N–H and O–H groups in total. The molecule has 1 aromatic heterocycles. The quantitative estimate of drug-likeness (QED) is 0.740. The highest BCUT2D eigenvalue weighted by Gasteiger charge is 2.29. The van der Waals surface area contributed by atoms with Crippen LogP contribution >= 0.6 is 0 Å². The van der Waals surface area contributed by atoms with Crippen molar-refractivity contribution in [3.63, 3.8) is 0 Å². The van der Waals surface area contributed by atoms with E-state index >= 15 is 0 Å². The largest absolute Gasteiger partial charge is 0.478 e. The van der Waals surface area contributed by atoms with Gasteiger partial charge >= 0.3 is 5.97 Å². The number of hydrogen-bond donors (Lipinski definition) is 1. The zero-order chi connectivity index (χ0) is 20.4. The summed E-state index contributed by atoms with van der Waals surface area (Å²) in [5.41, 5.74) is 1.12. The van der Waals surface area contributed by atoms with E-state index in [0.29, 0.717) is 29.2 Å². The normalized spacial score (nSPS) is 12.1. The Morgan fingerprint density at radius 3 is 2.30 bits per heavy atom. The van der Waals surface area contributed by atoms with Gasteiger partial charge in [-0.25, -0.2) is 13.2 Å². The Kier molecular flexibility index (Phi) is 6.46. The fourth-order valence-corrected chi connectivity index (χ4v) is 4.42. The zero-order valence-corrected chi connectivity index (χ0v) is 17.1. The zero-order valence-electron chi connectivity index (χ0n) is 16.3. The number of rotatable bonds is 8. The van der Waals surface area contributed by atoms with Gasteiger partial charge in [-0.05, 0) is 70.3 Å². The minimum absolute atomic E-state index is 0.0157. The summed E-state index contributed by atoms with van der Waals surface area (Å²) in [7, 11) is -0.185. The van der Waals surface area contributed by atoms with E-state index < -0.39 is 16.0 Å². The molecule has 0 saturated heterocycles. The first-order chi connectivity index (χ1) is 12.5. The van der Waals surface area contributed by atoms with Gasteiger partial charge in [0.1, 0.15) is 11.5 Å². The number of nitrogens with zero attached hydrogens (tertiary/aromatic N) is 2. The maximum Gasteiger partial charge on any atom is 0.335 e. The monoisotopic (exact) mass is 394 g/mol. The van der Waals surface area contributed by atoms with Crippen LogP contribution in [0.2, 0.25) is 0 Å². The minimum atomic E-state index is -3.91. The number of sulfonamides is 1. The fraction of sp³-hybridized carbons (Fsp3) is 0.421. The van der Waals surface area contributed by atoms with Gasteiger partial charge < -0.3 is 14.4 Å². The van der Waals surface area contributed by atoms with Crippen molar-refractivity contribution in [2.75, 3.05) is 27.2 Å². The SMILES string of the molecule is Cc1ccc(CN(CCN(C)C)S(=O)(=O)c2cc(C(=O)O)cc(C)c2C)o1. The second-order valence-electron chi connectivity index (χ2n) is 6.88. The van der Waals surface area contributed by atoms with Gasteiger partial charge in [-0.1, -0.05) is 0 Å². The van der Waals surface area contributed by atoms with Gasteiger partial charge in [0, 0.05) is 13.1 Å². The van der Waals surface area contributed by atoms with Crippen LogP contribution in [0.5, 0.6) is 0 Å². The summed E-state index contributed by atoms with van der Waals surface area (Å²) in [5, 5.41) is 9.31. The summed E-state index contributed by atoms with van der Waals surface area (Å²) in [6, 6.07) is 6.25. The number of aryl methyl sites for hydroxylation is 2. The Balaban J connectivity index is 2.50. The molecule has 2 rings (SSSR count). The second-order valence-corrected chi connectivity index (χ2v) is 8.78. The summed E-state index contributed by atoms with van der Waals surface area (Å²) in [4.78, 5) is 13.3. The number of aromatic carboxylic acids is 1. The minimum Gasteiger partial charge on any atom is -0.478 e. The summed E-state index contributed by atoms with van der Waals surface area (Å²) in [6.45, 7) is 6.06. The maximum atomic E-state index is 13.4. The average molecular weight is 394 g/mol. The van der Waals surface area contributed by atoms with Crippen molar-refractivity contribution < 1.29 is 22.7 Å². The molecule has 2 aromatic rings. The van der Waals surface area contributed by atoms with E-state index in [9.17, 15) is 18.3 Å². The van der Waals surface area contributed by atoms with Crippen molar-refractivity contribution in [2.45, 2.75) is 32.2 Å². The third-order valence-corrected chi connectivity index (χ3v) is 6.38. The lowest BCUT2D eigenvalue weighted by Gasteiger charge is -2.24. The third kappa shape index (κ3) is 4.97. The number of likely N-dealkylation sites (N-methyl/N-ethyl adjacent to an activating group) is 1. The molecule has 0 amide bonds. The van der Waals surface area contributed by atoms with Crippen LogP contribution in [-0.4, -0.2) is 55.9 Å². The molecule has 27 heavy (non-hydrogen) atoms. The highest BCUT2D eigenvalue weighted by molar-refractivity contribution is 7.89. The molecule has 0 bridgehead atoms. The van der Waals surface area contributed by atoms with Crippen LogP contribution in [0, 0.1) is 20.8 Å². The number of carboxylic acid groups (broad SMARTS) is 1. The van der Waals surface area contributed by atoms with Crippen LogP contribution in [0.15, 0.2) is 33.6 Å².